The first-order valence-corrected chi connectivity index (χ1v) is 6.78. The molecule has 2 fully saturated rings. The first-order chi connectivity index (χ1) is 8.75. The number of aliphatic hydroxyl groups is 1. The van der Waals surface area contributed by atoms with Crippen LogP contribution in [-0.4, -0.2) is 34.6 Å². The molecule has 3 nitrogen and oxygen atoms in total. The molecule has 0 radical (unpaired) electrons. The molecule has 3 atom stereocenters. The van der Waals surface area contributed by atoms with Gasteiger partial charge in [0.2, 0.25) is 0 Å². The maximum absolute atomic E-state index is 11.1. The number of hydrogen-bond acceptors (Lipinski definition) is 2. The van der Waals surface area contributed by atoms with Crippen molar-refractivity contribution in [3.05, 3.63) is 36.0 Å². The minimum absolute atomic E-state index is 0.405. The molecule has 4 rings (SSSR count). The highest BCUT2D eigenvalue weighted by Gasteiger charge is 2.45. The smallest absolute Gasteiger partial charge is 0.0949 e. The van der Waals surface area contributed by atoms with E-state index in [4.69, 9.17) is 0 Å². The van der Waals surface area contributed by atoms with Gasteiger partial charge in [0.05, 0.1) is 5.60 Å². The number of nitrogens with one attached hydrogen (secondary N) is 1. The SMILES string of the molecule is OC1(c2ccc3[nH]ccc3c2)CCN2CCC1C2. The molecular formula is C15H18N2O. The highest BCUT2D eigenvalue weighted by molar-refractivity contribution is 5.80. The number of nitrogens with zero attached hydrogens (tertiary/aromatic N) is 1. The minimum Gasteiger partial charge on any atom is -0.385 e. The third kappa shape index (κ3) is 1.38. The van der Waals surface area contributed by atoms with Gasteiger partial charge in [0.1, 0.15) is 0 Å². The molecule has 0 spiro atoms. The van der Waals surface area contributed by atoms with E-state index in [2.05, 4.69) is 34.1 Å². The zero-order chi connectivity index (χ0) is 12.2. The average Bonchev–Trinajstić information content (AvgIpc) is 3.01. The van der Waals surface area contributed by atoms with Crippen molar-refractivity contribution < 1.29 is 5.11 Å². The summed E-state index contributed by atoms with van der Waals surface area (Å²) in [7, 11) is 0. The summed E-state index contributed by atoms with van der Waals surface area (Å²) in [5.41, 5.74) is 1.63. The van der Waals surface area contributed by atoms with E-state index >= 15 is 0 Å². The third-order valence-corrected chi connectivity index (χ3v) is 4.81. The number of rotatable bonds is 1. The van der Waals surface area contributed by atoms with Crippen LogP contribution < -0.4 is 0 Å². The lowest BCUT2D eigenvalue weighted by Gasteiger charge is -2.39. The predicted molar refractivity (Wildman–Crippen MR) is 71.4 cm³/mol. The molecule has 3 heteroatoms. The first kappa shape index (κ1) is 10.6. The molecule has 1 aromatic carbocycles. The number of aromatic amines is 1. The lowest BCUT2D eigenvalue weighted by atomic mass is 9.77. The molecule has 2 bridgehead atoms. The molecule has 3 heterocycles. The van der Waals surface area contributed by atoms with Gasteiger partial charge in [-0.1, -0.05) is 6.07 Å². The van der Waals surface area contributed by atoms with Gasteiger partial charge in [-0.25, -0.2) is 0 Å². The molecule has 2 N–H and O–H groups in total. The number of piperidine rings is 1. The molecule has 0 amide bonds. The second kappa shape index (κ2) is 3.59. The Morgan fingerprint density at radius 3 is 3.17 bits per heavy atom. The molecule has 3 unspecified atom stereocenters. The van der Waals surface area contributed by atoms with E-state index in [1.807, 2.05) is 6.20 Å². The van der Waals surface area contributed by atoms with E-state index in [0.29, 0.717) is 5.92 Å². The molecule has 1 aromatic heterocycles. The van der Waals surface area contributed by atoms with E-state index in [0.717, 1.165) is 43.6 Å². The van der Waals surface area contributed by atoms with Gasteiger partial charge in [0.25, 0.3) is 0 Å². The lowest BCUT2D eigenvalue weighted by molar-refractivity contribution is -0.0501. The van der Waals surface area contributed by atoms with Gasteiger partial charge in [-0.05, 0) is 48.5 Å². The van der Waals surface area contributed by atoms with Crippen LogP contribution in [0.5, 0.6) is 0 Å². The summed E-state index contributed by atoms with van der Waals surface area (Å²) in [5.74, 6) is 0.405. The molecule has 18 heavy (non-hydrogen) atoms. The van der Waals surface area contributed by atoms with Crippen molar-refractivity contribution in [2.24, 2.45) is 5.92 Å². The summed E-state index contributed by atoms with van der Waals surface area (Å²) in [6.07, 6.45) is 3.95. The summed E-state index contributed by atoms with van der Waals surface area (Å²) in [5, 5.41) is 12.3. The van der Waals surface area contributed by atoms with Gasteiger partial charge in [-0.3, -0.25) is 0 Å². The van der Waals surface area contributed by atoms with Crippen molar-refractivity contribution in [2.45, 2.75) is 18.4 Å². The van der Waals surface area contributed by atoms with Gasteiger partial charge in [-0.2, -0.15) is 0 Å². The van der Waals surface area contributed by atoms with Crippen molar-refractivity contribution >= 4 is 10.9 Å². The number of H-pyrrole nitrogens is 1. The Balaban J connectivity index is 1.80. The van der Waals surface area contributed by atoms with Gasteiger partial charge in [0, 0.05) is 30.7 Å². The molecule has 2 aliphatic rings. The van der Waals surface area contributed by atoms with E-state index in [9.17, 15) is 5.11 Å². The monoisotopic (exact) mass is 242 g/mol. The number of benzene rings is 1. The Morgan fingerprint density at radius 2 is 2.22 bits per heavy atom. The second-order valence-corrected chi connectivity index (χ2v) is 5.74. The summed E-state index contributed by atoms with van der Waals surface area (Å²) < 4.78 is 0. The summed E-state index contributed by atoms with van der Waals surface area (Å²) in [6, 6.07) is 8.41. The third-order valence-electron chi connectivity index (χ3n) is 4.81. The van der Waals surface area contributed by atoms with Crippen LogP contribution in [0.25, 0.3) is 10.9 Å². The molecule has 2 aliphatic heterocycles. The van der Waals surface area contributed by atoms with Crippen molar-refractivity contribution in [1.82, 2.24) is 9.88 Å². The number of hydrogen-bond donors (Lipinski definition) is 2. The van der Waals surface area contributed by atoms with Gasteiger partial charge < -0.3 is 15.0 Å². The van der Waals surface area contributed by atoms with Crippen LogP contribution in [0.3, 0.4) is 0 Å². The molecule has 94 valence electrons. The standard InChI is InChI=1S/C15H18N2O/c18-15(5-8-17-7-4-13(15)10-17)12-1-2-14-11(9-12)3-6-16-14/h1-3,6,9,13,16,18H,4-5,7-8,10H2. The van der Waals surface area contributed by atoms with Crippen LogP contribution in [-0.2, 0) is 5.60 Å². The van der Waals surface area contributed by atoms with Gasteiger partial charge in [0.15, 0.2) is 0 Å². The van der Waals surface area contributed by atoms with Crippen LogP contribution >= 0.6 is 0 Å². The Bertz CT molecular complexity index is 591. The largest absolute Gasteiger partial charge is 0.385 e. The Kier molecular flexibility index (Phi) is 2.11. The van der Waals surface area contributed by atoms with Crippen molar-refractivity contribution in [3.8, 4) is 0 Å². The molecule has 0 aliphatic carbocycles. The number of aromatic nitrogens is 1. The molecular weight excluding hydrogens is 224 g/mol. The average molecular weight is 242 g/mol. The second-order valence-electron chi connectivity index (χ2n) is 5.74. The maximum atomic E-state index is 11.1. The quantitative estimate of drug-likeness (QED) is 0.803. The van der Waals surface area contributed by atoms with E-state index in [1.165, 1.54) is 5.39 Å². The Morgan fingerprint density at radius 1 is 1.28 bits per heavy atom. The fraction of sp³-hybridized carbons (Fsp3) is 0.467. The van der Waals surface area contributed by atoms with Gasteiger partial charge >= 0.3 is 0 Å². The van der Waals surface area contributed by atoms with Crippen LogP contribution in [0.1, 0.15) is 18.4 Å². The van der Waals surface area contributed by atoms with Crippen molar-refractivity contribution in [2.75, 3.05) is 19.6 Å². The van der Waals surface area contributed by atoms with Crippen molar-refractivity contribution in [1.29, 1.82) is 0 Å². The van der Waals surface area contributed by atoms with Crippen molar-refractivity contribution in [3.63, 3.8) is 0 Å². The van der Waals surface area contributed by atoms with E-state index in [-0.39, 0.29) is 0 Å². The molecule has 2 aromatic rings. The first-order valence-electron chi connectivity index (χ1n) is 6.78. The molecule has 0 saturated carbocycles. The highest BCUT2D eigenvalue weighted by atomic mass is 16.3. The van der Waals surface area contributed by atoms with E-state index in [1.54, 1.807) is 0 Å². The van der Waals surface area contributed by atoms with Crippen LogP contribution in [0, 0.1) is 5.92 Å². The fourth-order valence-electron chi connectivity index (χ4n) is 3.66. The fourth-order valence-corrected chi connectivity index (χ4v) is 3.66. The zero-order valence-electron chi connectivity index (χ0n) is 10.4. The Labute approximate surface area is 106 Å². The summed E-state index contributed by atoms with van der Waals surface area (Å²) in [6.45, 7) is 3.24. The van der Waals surface area contributed by atoms with E-state index < -0.39 is 5.60 Å². The number of fused-ring (bicyclic) bond motifs is 3. The summed E-state index contributed by atoms with van der Waals surface area (Å²) in [4.78, 5) is 5.67. The van der Waals surface area contributed by atoms with Gasteiger partial charge in [-0.15, -0.1) is 0 Å². The topological polar surface area (TPSA) is 39.3 Å². The summed E-state index contributed by atoms with van der Waals surface area (Å²) >= 11 is 0. The normalized spacial score (nSPS) is 35.2. The molecule has 2 saturated heterocycles. The minimum atomic E-state index is -0.613. The highest BCUT2D eigenvalue weighted by Crippen LogP contribution is 2.43. The van der Waals surface area contributed by atoms with Crippen LogP contribution in [0.2, 0.25) is 0 Å². The lowest BCUT2D eigenvalue weighted by Crippen LogP contribution is -2.44. The predicted octanol–water partition coefficient (Wildman–Crippen LogP) is 2.08. The van der Waals surface area contributed by atoms with Crippen LogP contribution in [0.15, 0.2) is 30.5 Å². The zero-order valence-corrected chi connectivity index (χ0v) is 10.4. The van der Waals surface area contributed by atoms with Crippen LogP contribution in [0.4, 0.5) is 0 Å². The maximum Gasteiger partial charge on any atom is 0.0949 e. The Hall–Kier alpha value is -1.32.